The van der Waals surface area contributed by atoms with E-state index in [4.69, 9.17) is 18.9 Å². The van der Waals surface area contributed by atoms with Crippen LogP contribution in [0.25, 0.3) is 11.1 Å². The van der Waals surface area contributed by atoms with E-state index in [1.54, 1.807) is 6.92 Å². The van der Waals surface area contributed by atoms with Gasteiger partial charge in [0.2, 0.25) is 5.91 Å². The van der Waals surface area contributed by atoms with Crippen molar-refractivity contribution in [3.8, 4) is 11.1 Å². The molecule has 46 heavy (non-hydrogen) atoms. The van der Waals surface area contributed by atoms with Crippen molar-refractivity contribution >= 4 is 18.0 Å². The van der Waals surface area contributed by atoms with Gasteiger partial charge in [-0.05, 0) is 76.3 Å². The first-order valence-corrected chi connectivity index (χ1v) is 15.7. The molecule has 1 aliphatic carbocycles. The number of nitrogens with one attached hydrogen (secondary N) is 2. The standard InChI is InChI=1S/C37H46N2O7/c1-24(46-37(5,6)7)32(33(40)38-31(23-45-36(2,3)4)34(41)43-21-25-15-9-8-10-16-25)39-35(42)44-22-30-28-19-13-11-17-26(28)27-18-12-14-20-29(27)30/h8-20,24,30-32H,21-23H2,1-7H3,(H,38,40)(H,39,42)/t24-,31+,32+/m1/s1. The third-order valence-electron chi connectivity index (χ3n) is 7.42. The lowest BCUT2D eigenvalue weighted by atomic mass is 9.98. The van der Waals surface area contributed by atoms with Crippen LogP contribution in [0, 0.1) is 0 Å². The van der Waals surface area contributed by atoms with E-state index in [2.05, 4.69) is 22.8 Å². The normalized spacial score (nSPS) is 14.8. The number of benzene rings is 3. The third kappa shape index (κ3) is 9.64. The summed E-state index contributed by atoms with van der Waals surface area (Å²) in [6, 6.07) is 23.0. The topological polar surface area (TPSA) is 112 Å². The zero-order chi connectivity index (χ0) is 33.5. The van der Waals surface area contributed by atoms with Crippen LogP contribution in [0.4, 0.5) is 4.79 Å². The number of hydrogen-bond donors (Lipinski definition) is 2. The quantitative estimate of drug-likeness (QED) is 0.231. The van der Waals surface area contributed by atoms with Crippen LogP contribution in [0.5, 0.6) is 0 Å². The zero-order valence-electron chi connectivity index (χ0n) is 27.8. The molecule has 9 nitrogen and oxygen atoms in total. The Bertz CT molecular complexity index is 1450. The Labute approximate surface area is 272 Å². The molecule has 0 aromatic heterocycles. The van der Waals surface area contributed by atoms with Gasteiger partial charge in [0.1, 0.15) is 19.3 Å². The summed E-state index contributed by atoms with van der Waals surface area (Å²) in [6.07, 6.45) is -1.55. The van der Waals surface area contributed by atoms with E-state index in [9.17, 15) is 14.4 Å². The van der Waals surface area contributed by atoms with Gasteiger partial charge >= 0.3 is 12.1 Å². The van der Waals surface area contributed by atoms with E-state index >= 15 is 0 Å². The number of amides is 2. The lowest BCUT2D eigenvalue weighted by molar-refractivity contribution is -0.153. The van der Waals surface area contributed by atoms with Crippen LogP contribution in [0.1, 0.15) is 71.1 Å². The predicted octanol–water partition coefficient (Wildman–Crippen LogP) is 6.14. The maximum Gasteiger partial charge on any atom is 0.407 e. The molecule has 0 radical (unpaired) electrons. The summed E-state index contributed by atoms with van der Waals surface area (Å²) in [5.74, 6) is -1.44. The molecule has 9 heteroatoms. The van der Waals surface area contributed by atoms with Gasteiger partial charge in [-0.15, -0.1) is 0 Å². The second kappa shape index (κ2) is 14.9. The Morgan fingerprint density at radius 1 is 0.739 bits per heavy atom. The first kappa shape index (κ1) is 34.7. The molecule has 0 bridgehead atoms. The van der Waals surface area contributed by atoms with Crippen LogP contribution in [0.3, 0.4) is 0 Å². The average Bonchev–Trinajstić information content (AvgIpc) is 3.32. The molecular weight excluding hydrogens is 584 g/mol. The van der Waals surface area contributed by atoms with Gasteiger partial charge in [-0.25, -0.2) is 9.59 Å². The molecular formula is C37H46N2O7. The van der Waals surface area contributed by atoms with Crippen LogP contribution < -0.4 is 10.6 Å². The van der Waals surface area contributed by atoms with E-state index in [0.717, 1.165) is 27.8 Å². The van der Waals surface area contributed by atoms with Crippen LogP contribution in [0.2, 0.25) is 0 Å². The van der Waals surface area contributed by atoms with Gasteiger partial charge in [-0.1, -0.05) is 78.9 Å². The summed E-state index contributed by atoms with van der Waals surface area (Å²) in [5.41, 5.74) is 3.98. The molecule has 0 saturated heterocycles. The molecule has 3 aromatic rings. The largest absolute Gasteiger partial charge is 0.459 e. The number of alkyl carbamates (subject to hydrolysis) is 1. The molecule has 3 atom stereocenters. The monoisotopic (exact) mass is 630 g/mol. The Kier molecular flexibility index (Phi) is 11.2. The van der Waals surface area contributed by atoms with Gasteiger partial charge in [0.05, 0.1) is 23.9 Å². The molecule has 0 spiro atoms. The van der Waals surface area contributed by atoms with Crippen molar-refractivity contribution in [2.45, 2.75) is 90.4 Å². The van der Waals surface area contributed by atoms with E-state index in [-0.39, 0.29) is 25.7 Å². The Balaban J connectivity index is 1.47. The molecule has 0 unspecified atom stereocenters. The lowest BCUT2D eigenvalue weighted by Crippen LogP contribution is -2.58. The molecule has 0 heterocycles. The highest BCUT2D eigenvalue weighted by Gasteiger charge is 2.35. The number of carbonyl (C=O) groups excluding carboxylic acids is 3. The van der Waals surface area contributed by atoms with Crippen LogP contribution in [-0.2, 0) is 35.1 Å². The van der Waals surface area contributed by atoms with Crippen molar-refractivity contribution in [1.29, 1.82) is 0 Å². The van der Waals surface area contributed by atoms with Gasteiger partial charge in [0.25, 0.3) is 0 Å². The lowest BCUT2D eigenvalue weighted by Gasteiger charge is -2.32. The zero-order valence-corrected chi connectivity index (χ0v) is 27.8. The van der Waals surface area contributed by atoms with Crippen LogP contribution in [0.15, 0.2) is 78.9 Å². The first-order chi connectivity index (χ1) is 21.7. The molecule has 2 amide bonds. The molecule has 3 aromatic carbocycles. The second-order valence-electron chi connectivity index (χ2n) is 13.5. The fourth-order valence-electron chi connectivity index (χ4n) is 5.38. The van der Waals surface area contributed by atoms with Gasteiger partial charge in [0, 0.05) is 5.92 Å². The van der Waals surface area contributed by atoms with Gasteiger partial charge < -0.3 is 29.6 Å². The van der Waals surface area contributed by atoms with Crippen molar-refractivity contribution in [3.63, 3.8) is 0 Å². The Morgan fingerprint density at radius 3 is 1.87 bits per heavy atom. The van der Waals surface area contributed by atoms with E-state index in [0.29, 0.717) is 0 Å². The van der Waals surface area contributed by atoms with Crippen LogP contribution in [-0.4, -0.2) is 60.6 Å². The van der Waals surface area contributed by atoms with E-state index in [1.165, 1.54) is 0 Å². The Morgan fingerprint density at radius 2 is 1.30 bits per heavy atom. The highest BCUT2D eigenvalue weighted by atomic mass is 16.6. The molecule has 0 saturated carbocycles. The summed E-state index contributed by atoms with van der Waals surface area (Å²) in [5, 5.41) is 5.43. The number of fused-ring (bicyclic) bond motifs is 3. The molecule has 2 N–H and O–H groups in total. The van der Waals surface area contributed by atoms with Gasteiger partial charge in [0.15, 0.2) is 6.04 Å². The number of rotatable bonds is 12. The minimum absolute atomic E-state index is 0.0343. The van der Waals surface area contributed by atoms with Gasteiger partial charge in [-0.2, -0.15) is 0 Å². The second-order valence-corrected chi connectivity index (χ2v) is 13.5. The smallest absolute Gasteiger partial charge is 0.407 e. The first-order valence-electron chi connectivity index (χ1n) is 15.7. The number of ether oxygens (including phenoxy) is 4. The van der Waals surface area contributed by atoms with Crippen LogP contribution >= 0.6 is 0 Å². The van der Waals surface area contributed by atoms with E-state index < -0.39 is 47.4 Å². The average molecular weight is 631 g/mol. The third-order valence-corrected chi connectivity index (χ3v) is 7.42. The number of esters is 1. The molecule has 4 rings (SSSR count). The summed E-state index contributed by atoms with van der Waals surface area (Å²) in [6.45, 7) is 12.8. The molecule has 1 aliphatic rings. The SMILES string of the molecule is C[C@@H](OC(C)(C)C)[C@H](NC(=O)OCC1c2ccccc2-c2ccccc21)C(=O)N[C@@H](COC(C)(C)C)C(=O)OCc1ccccc1. The number of hydrogen-bond acceptors (Lipinski definition) is 7. The maximum absolute atomic E-state index is 13.8. The summed E-state index contributed by atoms with van der Waals surface area (Å²) in [7, 11) is 0. The van der Waals surface area contributed by atoms with Crippen molar-refractivity contribution < 1.29 is 33.3 Å². The minimum Gasteiger partial charge on any atom is -0.459 e. The predicted molar refractivity (Wildman–Crippen MR) is 176 cm³/mol. The fourth-order valence-corrected chi connectivity index (χ4v) is 5.38. The highest BCUT2D eigenvalue weighted by molar-refractivity contribution is 5.90. The van der Waals surface area contributed by atoms with Crippen molar-refractivity contribution in [2.75, 3.05) is 13.2 Å². The van der Waals surface area contributed by atoms with Crippen molar-refractivity contribution in [3.05, 3.63) is 95.6 Å². The van der Waals surface area contributed by atoms with Gasteiger partial charge in [-0.3, -0.25) is 4.79 Å². The fraction of sp³-hybridized carbons (Fsp3) is 0.432. The molecule has 0 aliphatic heterocycles. The molecule has 0 fully saturated rings. The molecule has 246 valence electrons. The summed E-state index contributed by atoms with van der Waals surface area (Å²) < 4.78 is 23.2. The summed E-state index contributed by atoms with van der Waals surface area (Å²) in [4.78, 5) is 40.2. The summed E-state index contributed by atoms with van der Waals surface area (Å²) >= 11 is 0. The maximum atomic E-state index is 13.8. The number of carbonyl (C=O) groups is 3. The van der Waals surface area contributed by atoms with Crippen molar-refractivity contribution in [1.82, 2.24) is 10.6 Å². The highest BCUT2D eigenvalue weighted by Crippen LogP contribution is 2.44. The Hall–Kier alpha value is -4.21. The van der Waals surface area contributed by atoms with Crippen molar-refractivity contribution in [2.24, 2.45) is 0 Å². The van der Waals surface area contributed by atoms with E-state index in [1.807, 2.05) is 108 Å². The minimum atomic E-state index is -1.19.